The third-order valence-corrected chi connectivity index (χ3v) is 5.22. The molecule has 0 aliphatic carbocycles. The fourth-order valence-electron chi connectivity index (χ4n) is 2.18. The van der Waals surface area contributed by atoms with Crippen LogP contribution in [0.5, 0.6) is 0 Å². The van der Waals surface area contributed by atoms with E-state index in [1.165, 1.54) is 41.9 Å². The highest BCUT2D eigenvalue weighted by Gasteiger charge is 2.34. The summed E-state index contributed by atoms with van der Waals surface area (Å²) in [6, 6.07) is 5.85. The van der Waals surface area contributed by atoms with Crippen LogP contribution in [0, 0.1) is 0 Å². The minimum absolute atomic E-state index is 0.0344. The van der Waals surface area contributed by atoms with Crippen LogP contribution in [0.4, 0.5) is 19.0 Å². The quantitative estimate of drug-likeness (QED) is 0.708. The molecular formula is C15H11F3N4O2S2. The Balaban J connectivity index is 1.84. The molecule has 136 valence electrons. The van der Waals surface area contributed by atoms with Crippen molar-refractivity contribution in [3.63, 3.8) is 0 Å². The Morgan fingerprint density at radius 1 is 1.15 bits per heavy atom. The van der Waals surface area contributed by atoms with Crippen LogP contribution in [0.25, 0.3) is 10.7 Å². The fraction of sp³-hybridized carbons (Fsp3) is 0.133. The minimum Gasteiger partial charge on any atom is -0.267 e. The lowest BCUT2D eigenvalue weighted by Gasteiger charge is -2.13. The van der Waals surface area contributed by atoms with E-state index in [1.54, 1.807) is 5.51 Å². The summed E-state index contributed by atoms with van der Waals surface area (Å²) in [5, 5.41) is 0. The third-order valence-electron chi connectivity index (χ3n) is 3.24. The summed E-state index contributed by atoms with van der Waals surface area (Å²) in [6.45, 7) is 0. The van der Waals surface area contributed by atoms with Crippen molar-refractivity contribution in [3.05, 3.63) is 59.4 Å². The standard InChI is InChI=1S/C15H11F3N4O2S2/c16-15(17,18)11-4-2-1-3-10(11)8-26(23,24)22-13-5-6-20-14(21-13)12-7-19-9-25-12/h1-7,9H,8H2,(H,20,21,22). The van der Waals surface area contributed by atoms with Crippen molar-refractivity contribution in [1.82, 2.24) is 15.0 Å². The van der Waals surface area contributed by atoms with Gasteiger partial charge in [-0.3, -0.25) is 9.71 Å². The van der Waals surface area contributed by atoms with E-state index in [2.05, 4.69) is 19.7 Å². The molecular weight excluding hydrogens is 389 g/mol. The molecule has 0 fully saturated rings. The number of sulfonamides is 1. The first-order chi connectivity index (χ1) is 12.2. The molecule has 0 aliphatic heterocycles. The SMILES string of the molecule is O=S(=O)(Cc1ccccc1C(F)(F)F)Nc1ccnc(-c2cncs2)n1. The van der Waals surface area contributed by atoms with Crippen molar-refractivity contribution in [1.29, 1.82) is 0 Å². The number of rotatable bonds is 5. The lowest BCUT2D eigenvalue weighted by molar-refractivity contribution is -0.138. The molecule has 6 nitrogen and oxygen atoms in total. The molecule has 2 heterocycles. The van der Waals surface area contributed by atoms with E-state index in [1.807, 2.05) is 0 Å². The van der Waals surface area contributed by atoms with Gasteiger partial charge in [0.1, 0.15) is 5.82 Å². The monoisotopic (exact) mass is 400 g/mol. The molecule has 1 aromatic carbocycles. The first-order valence-electron chi connectivity index (χ1n) is 7.12. The van der Waals surface area contributed by atoms with Gasteiger partial charge in [0.2, 0.25) is 10.0 Å². The predicted octanol–water partition coefficient (Wildman–Crippen LogP) is 3.56. The van der Waals surface area contributed by atoms with Gasteiger partial charge in [-0.05, 0) is 17.7 Å². The minimum atomic E-state index is -4.64. The summed E-state index contributed by atoms with van der Waals surface area (Å²) in [6.07, 6.45) is -1.76. The Morgan fingerprint density at radius 3 is 2.62 bits per heavy atom. The average Bonchev–Trinajstić information content (AvgIpc) is 3.08. The van der Waals surface area contributed by atoms with Crippen LogP contribution in [0.3, 0.4) is 0 Å². The molecule has 11 heteroatoms. The number of aromatic nitrogens is 3. The number of benzene rings is 1. The molecule has 0 saturated carbocycles. The molecule has 3 rings (SSSR count). The Bertz CT molecular complexity index is 1010. The highest BCUT2D eigenvalue weighted by Crippen LogP contribution is 2.32. The highest BCUT2D eigenvalue weighted by atomic mass is 32.2. The summed E-state index contributed by atoms with van der Waals surface area (Å²) in [4.78, 5) is 12.6. The number of hydrogen-bond donors (Lipinski definition) is 1. The number of alkyl halides is 3. The summed E-state index contributed by atoms with van der Waals surface area (Å²) in [5.74, 6) is -0.598. The first kappa shape index (κ1) is 18.3. The summed E-state index contributed by atoms with van der Waals surface area (Å²) in [7, 11) is -4.11. The van der Waals surface area contributed by atoms with Crippen LogP contribution in [-0.2, 0) is 22.0 Å². The Kier molecular flexibility index (Phi) is 4.92. The average molecular weight is 400 g/mol. The maximum atomic E-state index is 13.0. The van der Waals surface area contributed by atoms with Gasteiger partial charge >= 0.3 is 6.18 Å². The molecule has 3 aromatic rings. The largest absolute Gasteiger partial charge is 0.416 e. The van der Waals surface area contributed by atoms with Gasteiger partial charge in [0, 0.05) is 12.4 Å². The normalized spacial score (nSPS) is 12.1. The van der Waals surface area contributed by atoms with Crippen LogP contribution in [0.2, 0.25) is 0 Å². The van der Waals surface area contributed by atoms with Gasteiger partial charge in [-0.1, -0.05) is 18.2 Å². The van der Waals surface area contributed by atoms with E-state index in [0.717, 1.165) is 12.1 Å². The van der Waals surface area contributed by atoms with Gasteiger partial charge in [-0.25, -0.2) is 18.4 Å². The van der Waals surface area contributed by atoms with Crippen molar-refractivity contribution < 1.29 is 21.6 Å². The number of thiazole rings is 1. The second-order valence-corrected chi connectivity index (χ2v) is 7.76. The number of anilines is 1. The predicted molar refractivity (Wildman–Crippen MR) is 90.8 cm³/mol. The topological polar surface area (TPSA) is 84.8 Å². The van der Waals surface area contributed by atoms with Crippen LogP contribution in [0.1, 0.15) is 11.1 Å². The molecule has 0 atom stereocenters. The van der Waals surface area contributed by atoms with E-state index in [-0.39, 0.29) is 17.2 Å². The van der Waals surface area contributed by atoms with Gasteiger partial charge in [0.15, 0.2) is 5.82 Å². The summed E-state index contributed by atoms with van der Waals surface area (Å²) < 4.78 is 65.8. The van der Waals surface area contributed by atoms with Gasteiger partial charge in [-0.2, -0.15) is 13.2 Å². The molecule has 0 unspecified atom stereocenters. The number of nitrogens with zero attached hydrogens (tertiary/aromatic N) is 3. The molecule has 26 heavy (non-hydrogen) atoms. The lowest BCUT2D eigenvalue weighted by atomic mass is 10.1. The van der Waals surface area contributed by atoms with Crippen molar-refractivity contribution in [3.8, 4) is 10.7 Å². The van der Waals surface area contributed by atoms with Crippen LogP contribution < -0.4 is 4.72 Å². The highest BCUT2D eigenvalue weighted by molar-refractivity contribution is 7.91. The van der Waals surface area contributed by atoms with Crippen molar-refractivity contribution in [2.45, 2.75) is 11.9 Å². The van der Waals surface area contributed by atoms with Gasteiger partial charge in [0.05, 0.1) is 21.7 Å². The zero-order valence-electron chi connectivity index (χ0n) is 12.9. The van der Waals surface area contributed by atoms with Crippen molar-refractivity contribution in [2.75, 3.05) is 4.72 Å². The van der Waals surface area contributed by atoms with Gasteiger partial charge in [-0.15, -0.1) is 11.3 Å². The van der Waals surface area contributed by atoms with E-state index >= 15 is 0 Å². The van der Waals surface area contributed by atoms with Gasteiger partial charge in [0.25, 0.3) is 0 Å². The summed E-state index contributed by atoms with van der Waals surface area (Å²) in [5.41, 5.74) is 0.242. The second kappa shape index (κ2) is 7.00. The lowest BCUT2D eigenvalue weighted by Crippen LogP contribution is -2.19. The zero-order chi connectivity index (χ0) is 18.8. The molecule has 0 radical (unpaired) electrons. The maximum Gasteiger partial charge on any atom is 0.416 e. The summed E-state index contributed by atoms with van der Waals surface area (Å²) >= 11 is 1.27. The number of halogens is 3. The Labute approximate surface area is 150 Å². The van der Waals surface area contributed by atoms with Crippen LogP contribution in [-0.4, -0.2) is 23.4 Å². The van der Waals surface area contributed by atoms with Crippen LogP contribution >= 0.6 is 11.3 Å². The molecule has 2 aromatic heterocycles. The smallest absolute Gasteiger partial charge is 0.267 e. The molecule has 0 aliphatic rings. The van der Waals surface area contributed by atoms with E-state index < -0.39 is 27.5 Å². The number of nitrogens with one attached hydrogen (secondary N) is 1. The maximum absolute atomic E-state index is 13.0. The molecule has 1 N–H and O–H groups in total. The molecule has 0 saturated heterocycles. The molecule has 0 bridgehead atoms. The molecule has 0 amide bonds. The Morgan fingerprint density at radius 2 is 1.92 bits per heavy atom. The van der Waals surface area contributed by atoms with Gasteiger partial charge < -0.3 is 0 Å². The van der Waals surface area contributed by atoms with E-state index in [0.29, 0.717) is 4.88 Å². The van der Waals surface area contributed by atoms with E-state index in [9.17, 15) is 21.6 Å². The second-order valence-electron chi connectivity index (χ2n) is 5.15. The Hall–Kier alpha value is -2.53. The molecule has 0 spiro atoms. The van der Waals surface area contributed by atoms with Crippen LogP contribution in [0.15, 0.2) is 48.2 Å². The first-order valence-corrected chi connectivity index (χ1v) is 9.65. The van der Waals surface area contributed by atoms with Crippen molar-refractivity contribution >= 4 is 27.2 Å². The van der Waals surface area contributed by atoms with Crippen molar-refractivity contribution in [2.24, 2.45) is 0 Å². The number of hydrogen-bond acceptors (Lipinski definition) is 6. The third kappa shape index (κ3) is 4.35. The fourth-order valence-corrected chi connectivity index (χ4v) is 3.91. The zero-order valence-corrected chi connectivity index (χ0v) is 14.6. The van der Waals surface area contributed by atoms with E-state index in [4.69, 9.17) is 0 Å².